The summed E-state index contributed by atoms with van der Waals surface area (Å²) in [4.78, 5) is 41.4. The van der Waals surface area contributed by atoms with Crippen molar-refractivity contribution in [2.75, 3.05) is 41.4 Å². The van der Waals surface area contributed by atoms with Crippen LogP contribution in [0, 0.1) is 0 Å². The summed E-state index contributed by atoms with van der Waals surface area (Å²) in [5.41, 5.74) is 3.01. The summed E-state index contributed by atoms with van der Waals surface area (Å²) in [5.74, 6) is 0. The molecule has 0 N–H and O–H groups in total. The van der Waals surface area contributed by atoms with E-state index >= 15 is 0 Å². The molecule has 2 amide bonds. The molecule has 0 saturated carbocycles. The number of likely N-dealkylation sites (tertiary alicyclic amines) is 2. The van der Waals surface area contributed by atoms with Gasteiger partial charge in [-0.1, -0.05) is 6.08 Å². The van der Waals surface area contributed by atoms with Gasteiger partial charge in [0.2, 0.25) is 0 Å². The maximum absolute atomic E-state index is 11.6. The Morgan fingerprint density at radius 2 is 1.38 bits per heavy atom. The van der Waals surface area contributed by atoms with Gasteiger partial charge < -0.3 is 9.47 Å². The molecule has 0 aromatic rings. The number of amides is 2. The van der Waals surface area contributed by atoms with Crippen molar-refractivity contribution in [1.82, 2.24) is 19.6 Å². The van der Waals surface area contributed by atoms with Gasteiger partial charge >= 0.3 is 62.7 Å². The summed E-state index contributed by atoms with van der Waals surface area (Å²) in [6, 6.07) is 0.804. The molecule has 2 atom stereocenters. The molecule has 4 rings (SSSR count). The van der Waals surface area contributed by atoms with Crippen LogP contribution < -0.4 is 13.3 Å². The van der Waals surface area contributed by atoms with Crippen LogP contribution >= 0.6 is 74.5 Å². The molecule has 14 heteroatoms. The van der Waals surface area contributed by atoms with Gasteiger partial charge in [-0.3, -0.25) is 24.4 Å². The predicted octanol–water partition coefficient (Wildman–Crippen LogP) is 4.02. The number of carbonyl (C=O) groups excluding carboxylic acids is 3. The Hall–Kier alpha value is 0.740. The van der Waals surface area contributed by atoms with E-state index in [0.29, 0.717) is 37.3 Å². The van der Waals surface area contributed by atoms with Gasteiger partial charge in [0.1, 0.15) is 6.29 Å². The monoisotopic (exact) mass is 1110 g/mol. The quantitative estimate of drug-likeness (QED) is 0.313. The van der Waals surface area contributed by atoms with Crippen molar-refractivity contribution in [3.05, 3.63) is 47.6 Å². The number of ether oxygens (including phenoxy) is 2. The minimum atomic E-state index is -0.466. The zero-order valence-electron chi connectivity index (χ0n) is 22.5. The molecule has 0 aromatic heterocycles. The van der Waals surface area contributed by atoms with Crippen molar-refractivity contribution in [2.45, 2.75) is 50.6 Å². The van der Waals surface area contributed by atoms with Crippen LogP contribution in [0.5, 0.6) is 0 Å². The Labute approximate surface area is 285 Å². The molecule has 4 aliphatic rings. The summed E-state index contributed by atoms with van der Waals surface area (Å²) < 4.78 is 9.39. The average molecular weight is 1110 g/mol. The summed E-state index contributed by atoms with van der Waals surface area (Å²) in [6.07, 6.45) is 15.2. The van der Waals surface area contributed by atoms with Gasteiger partial charge in [0.15, 0.2) is 0 Å². The molecule has 0 spiro atoms. The molecule has 2 fully saturated rings. The van der Waals surface area contributed by atoms with E-state index in [9.17, 15) is 14.4 Å². The van der Waals surface area contributed by atoms with Gasteiger partial charge in [-0.2, -0.15) is 0 Å². The number of halogens is 5. The van der Waals surface area contributed by atoms with Gasteiger partial charge in [0.25, 0.3) is 0 Å². The molecule has 0 aliphatic carbocycles. The summed E-state index contributed by atoms with van der Waals surface area (Å²) in [5, 5.41) is 0. The van der Waals surface area contributed by atoms with Crippen LogP contribution in [0.15, 0.2) is 47.6 Å². The van der Waals surface area contributed by atoms with Crippen molar-refractivity contribution >= 4 is 92.9 Å². The first kappa shape index (κ1) is 37.8. The molecule has 39 heavy (non-hydrogen) atoms. The first-order valence-corrected chi connectivity index (χ1v) is 31.0. The Kier molecular flexibility index (Phi) is 20.8. The van der Waals surface area contributed by atoms with E-state index < -0.39 is 6.09 Å². The van der Waals surface area contributed by atoms with E-state index in [1.165, 1.54) is 48.6 Å². The molecule has 9 nitrogen and oxygen atoms in total. The second-order valence-corrected chi connectivity index (χ2v) is 25.3. The number of rotatable bonds is 3. The maximum atomic E-state index is 11.6. The number of carbonyl (C=O) groups is 3. The molecule has 4 aliphatic heterocycles. The standard InChI is InChI=1S/C13H18N2O3.C12H18N2O2.I3.I2/c1-14-5-3-4-12(14)11-6-10(9-16)7-15(8-11)13(17)18-2;1-13-7-4-6-11(13)10-5-3-8-14(9-10)12(15)16-2;1-3-2;1-2/h7-9,12H,3-6H2,1-2H3;3,8-9,11H,4-7H2,1-2H3;;/q;;-1;/t12-;11-;;/m00../s1. The van der Waals surface area contributed by atoms with Gasteiger partial charge in [-0.15, -0.1) is 0 Å². The molecule has 222 valence electrons. The molecule has 0 unspecified atom stereocenters. The van der Waals surface area contributed by atoms with Crippen LogP contribution in [0.4, 0.5) is 9.59 Å². The van der Waals surface area contributed by atoms with E-state index in [2.05, 4.69) is 103 Å². The normalized spacial score (nSPS) is 22.6. The SMILES string of the molecule is COC(=O)N1C=C(C=O)CC([C@@H]2CCCN2C)=C1.COC(=O)N1C=CCC([C@@H]2CCCN2C)=C1.II.I[I-]I. The molecule has 0 bridgehead atoms. The molecule has 4 heterocycles. The van der Waals surface area contributed by atoms with E-state index in [1.807, 2.05) is 12.3 Å². The van der Waals surface area contributed by atoms with E-state index in [0.717, 1.165) is 44.2 Å². The third-order valence-electron chi connectivity index (χ3n) is 6.76. The van der Waals surface area contributed by atoms with Crippen molar-refractivity contribution in [3.63, 3.8) is 0 Å². The number of methoxy groups -OCH3 is 2. The van der Waals surface area contributed by atoms with Crippen LogP contribution in [0.1, 0.15) is 38.5 Å². The van der Waals surface area contributed by atoms with E-state index in [4.69, 9.17) is 4.74 Å². The topological polar surface area (TPSA) is 82.6 Å². The third kappa shape index (κ3) is 12.5. The fourth-order valence-electron chi connectivity index (χ4n) is 4.98. The zero-order chi connectivity index (χ0) is 29.4. The summed E-state index contributed by atoms with van der Waals surface area (Å²) in [7, 11) is 6.94. The Bertz CT molecular complexity index is 931. The van der Waals surface area contributed by atoms with Gasteiger partial charge in [0, 0.05) is 86.1 Å². The molecule has 0 aromatic carbocycles. The van der Waals surface area contributed by atoms with Crippen molar-refractivity contribution in [3.8, 4) is 0 Å². The van der Waals surface area contributed by atoms with Crippen LogP contribution in [0.3, 0.4) is 0 Å². The number of nitrogens with zero attached hydrogens (tertiary/aromatic N) is 4. The average Bonchev–Trinajstić information content (AvgIpc) is 3.61. The van der Waals surface area contributed by atoms with Crippen molar-refractivity contribution in [2.24, 2.45) is 0 Å². The van der Waals surface area contributed by atoms with Crippen LogP contribution in [0.25, 0.3) is 0 Å². The third-order valence-corrected chi connectivity index (χ3v) is 6.76. The predicted molar refractivity (Wildman–Crippen MR) is 185 cm³/mol. The van der Waals surface area contributed by atoms with Crippen LogP contribution in [-0.4, -0.2) is 91.6 Å². The number of likely N-dealkylation sites (N-methyl/N-ethyl adjacent to an activating group) is 2. The molecule has 2 saturated heterocycles. The molecular weight excluding hydrogens is 1070 g/mol. The number of allylic oxidation sites excluding steroid dienone is 2. The van der Waals surface area contributed by atoms with Crippen LogP contribution in [-0.2, 0) is 14.3 Å². The Balaban J connectivity index is 0.000000337. The van der Waals surface area contributed by atoms with Gasteiger partial charge in [-0.05, 0) is 70.4 Å². The van der Waals surface area contributed by atoms with E-state index in [1.54, 1.807) is 12.4 Å². The number of aldehydes is 1. The Morgan fingerprint density at radius 3 is 1.85 bits per heavy atom. The second kappa shape index (κ2) is 21.4. The van der Waals surface area contributed by atoms with Gasteiger partial charge in [-0.25, -0.2) is 9.59 Å². The fourth-order valence-corrected chi connectivity index (χ4v) is 4.98. The number of hydrogen-bond acceptors (Lipinski definition) is 7. The molecular formula is C25H36I5N4O5-. The van der Waals surface area contributed by atoms with Crippen LogP contribution in [0.2, 0.25) is 0 Å². The van der Waals surface area contributed by atoms with Gasteiger partial charge in [0.05, 0.1) is 14.2 Å². The fraction of sp³-hybridized carbons (Fsp3) is 0.560. The zero-order valence-corrected chi connectivity index (χ0v) is 33.3. The summed E-state index contributed by atoms with van der Waals surface area (Å²) >= 11 is 9.54. The van der Waals surface area contributed by atoms with Crippen molar-refractivity contribution in [1.29, 1.82) is 0 Å². The van der Waals surface area contributed by atoms with Crippen molar-refractivity contribution < 1.29 is 37.1 Å². The summed E-state index contributed by atoms with van der Waals surface area (Å²) in [6.45, 7) is 2.20. The minimum absolute atomic E-state index is 0.320. The first-order chi connectivity index (χ1) is 18.8. The first-order valence-electron chi connectivity index (χ1n) is 12.2. The number of hydrogen-bond donors (Lipinski definition) is 0. The molecule has 0 radical (unpaired) electrons. The Morgan fingerprint density at radius 1 is 0.897 bits per heavy atom. The van der Waals surface area contributed by atoms with E-state index in [-0.39, 0.29) is 6.09 Å². The second-order valence-electron chi connectivity index (χ2n) is 9.08.